The van der Waals surface area contributed by atoms with E-state index in [1.807, 2.05) is 30.3 Å². The maximum Gasteiger partial charge on any atom is 0.317 e. The summed E-state index contributed by atoms with van der Waals surface area (Å²) in [4.78, 5) is 13.0. The molecule has 17 heavy (non-hydrogen) atoms. The van der Waals surface area contributed by atoms with Crippen molar-refractivity contribution in [3.63, 3.8) is 0 Å². The third-order valence-electron chi connectivity index (χ3n) is 3.57. The standard InChI is InChI=1S/C15H20NO/c17-13-16(15-11-7-4-8-12-15)14-9-5-2-1-3-6-10-14/h4,7-8,11-12,14H,1-3,5-6,9-10H2. The summed E-state index contributed by atoms with van der Waals surface area (Å²) in [5.74, 6) is 0. The van der Waals surface area contributed by atoms with Crippen molar-refractivity contribution >= 4 is 12.1 Å². The normalized spacial score (nSPS) is 18.1. The monoisotopic (exact) mass is 230 g/mol. The van der Waals surface area contributed by atoms with E-state index >= 15 is 0 Å². The molecule has 91 valence electrons. The van der Waals surface area contributed by atoms with Gasteiger partial charge in [-0.3, -0.25) is 4.79 Å². The van der Waals surface area contributed by atoms with E-state index in [-0.39, 0.29) is 0 Å². The molecule has 1 amide bonds. The van der Waals surface area contributed by atoms with Gasteiger partial charge < -0.3 is 4.90 Å². The predicted molar refractivity (Wildman–Crippen MR) is 70.7 cm³/mol. The zero-order valence-corrected chi connectivity index (χ0v) is 10.3. The van der Waals surface area contributed by atoms with Gasteiger partial charge in [-0.25, -0.2) is 0 Å². The van der Waals surface area contributed by atoms with Crippen LogP contribution in [0.3, 0.4) is 0 Å². The minimum absolute atomic E-state index is 0.343. The van der Waals surface area contributed by atoms with Crippen LogP contribution in [0.25, 0.3) is 0 Å². The number of rotatable bonds is 3. The van der Waals surface area contributed by atoms with Crippen LogP contribution >= 0.6 is 0 Å². The fourth-order valence-corrected chi connectivity index (χ4v) is 2.62. The Balaban J connectivity index is 2.08. The summed E-state index contributed by atoms with van der Waals surface area (Å²) in [5, 5.41) is 0. The van der Waals surface area contributed by atoms with Crippen LogP contribution in [0.2, 0.25) is 0 Å². The van der Waals surface area contributed by atoms with Gasteiger partial charge >= 0.3 is 6.41 Å². The van der Waals surface area contributed by atoms with E-state index in [1.165, 1.54) is 32.1 Å². The van der Waals surface area contributed by atoms with Crippen molar-refractivity contribution in [1.29, 1.82) is 0 Å². The topological polar surface area (TPSA) is 20.3 Å². The smallest absolute Gasteiger partial charge is 0.301 e. The first kappa shape index (κ1) is 12.2. The minimum Gasteiger partial charge on any atom is -0.301 e. The molecule has 0 atom stereocenters. The van der Waals surface area contributed by atoms with Gasteiger partial charge in [0.1, 0.15) is 0 Å². The van der Waals surface area contributed by atoms with Crippen LogP contribution in [0.15, 0.2) is 30.3 Å². The summed E-state index contributed by atoms with van der Waals surface area (Å²) in [6.07, 6.45) is 10.8. The van der Waals surface area contributed by atoms with E-state index in [1.54, 1.807) is 4.90 Å². The summed E-state index contributed by atoms with van der Waals surface area (Å²) in [5.41, 5.74) is 0.980. The maximum atomic E-state index is 11.2. The maximum absolute atomic E-state index is 11.2. The molecule has 0 aromatic heterocycles. The molecule has 1 aromatic rings. The lowest BCUT2D eigenvalue weighted by Gasteiger charge is -2.29. The molecule has 0 aliphatic heterocycles. The molecule has 1 aliphatic carbocycles. The van der Waals surface area contributed by atoms with Crippen LogP contribution in [0, 0.1) is 0 Å². The van der Waals surface area contributed by atoms with Crippen molar-refractivity contribution in [2.75, 3.05) is 4.90 Å². The Kier molecular flexibility index (Phi) is 4.60. The lowest BCUT2D eigenvalue weighted by molar-refractivity contribution is 0.443. The Morgan fingerprint density at radius 1 is 0.941 bits per heavy atom. The van der Waals surface area contributed by atoms with Crippen molar-refractivity contribution in [2.24, 2.45) is 0 Å². The van der Waals surface area contributed by atoms with Crippen LogP contribution < -0.4 is 4.90 Å². The van der Waals surface area contributed by atoms with Crippen molar-refractivity contribution in [3.8, 4) is 0 Å². The molecular weight excluding hydrogens is 210 g/mol. The second kappa shape index (κ2) is 6.43. The number of carbonyl (C=O) groups excluding carboxylic acids is 1. The molecule has 0 saturated heterocycles. The lowest BCUT2D eigenvalue weighted by atomic mass is 9.95. The molecule has 1 aliphatic rings. The van der Waals surface area contributed by atoms with Crippen molar-refractivity contribution in [2.45, 2.75) is 51.0 Å². The van der Waals surface area contributed by atoms with Crippen molar-refractivity contribution < 1.29 is 4.79 Å². The molecule has 1 aromatic carbocycles. The van der Waals surface area contributed by atoms with Gasteiger partial charge in [0.25, 0.3) is 0 Å². The number of para-hydroxylation sites is 1. The molecule has 2 nitrogen and oxygen atoms in total. The first-order valence-corrected chi connectivity index (χ1v) is 6.64. The third kappa shape index (κ3) is 3.32. The lowest BCUT2D eigenvalue weighted by Crippen LogP contribution is -2.34. The highest BCUT2D eigenvalue weighted by Gasteiger charge is 2.19. The summed E-state index contributed by atoms with van der Waals surface area (Å²) >= 11 is 0. The van der Waals surface area contributed by atoms with Crippen LogP contribution in [-0.4, -0.2) is 12.5 Å². The average molecular weight is 230 g/mol. The molecule has 1 fully saturated rings. The highest BCUT2D eigenvalue weighted by atomic mass is 16.1. The van der Waals surface area contributed by atoms with E-state index in [2.05, 4.69) is 6.41 Å². The molecule has 1 saturated carbocycles. The average Bonchev–Trinajstić information content (AvgIpc) is 2.34. The zero-order valence-electron chi connectivity index (χ0n) is 10.3. The second-order valence-electron chi connectivity index (χ2n) is 4.80. The zero-order chi connectivity index (χ0) is 11.9. The molecule has 0 heterocycles. The number of nitrogens with zero attached hydrogens (tertiary/aromatic N) is 1. The van der Waals surface area contributed by atoms with Gasteiger partial charge in [0, 0.05) is 11.7 Å². The van der Waals surface area contributed by atoms with E-state index in [0.717, 1.165) is 18.5 Å². The molecule has 2 heteroatoms. The Morgan fingerprint density at radius 2 is 1.53 bits per heavy atom. The number of hydrogen-bond acceptors (Lipinski definition) is 1. The largest absolute Gasteiger partial charge is 0.317 e. The van der Waals surface area contributed by atoms with E-state index in [0.29, 0.717) is 6.04 Å². The van der Waals surface area contributed by atoms with E-state index < -0.39 is 0 Å². The predicted octanol–water partition coefficient (Wildman–Crippen LogP) is 3.67. The quantitative estimate of drug-likeness (QED) is 0.725. The first-order chi connectivity index (χ1) is 8.42. The van der Waals surface area contributed by atoms with Crippen LogP contribution in [-0.2, 0) is 4.79 Å². The number of amides is 1. The van der Waals surface area contributed by atoms with Crippen LogP contribution in [0.5, 0.6) is 0 Å². The van der Waals surface area contributed by atoms with Crippen LogP contribution in [0.1, 0.15) is 44.9 Å². The van der Waals surface area contributed by atoms with Gasteiger partial charge in [-0.15, -0.1) is 0 Å². The minimum atomic E-state index is 0.343. The molecule has 1 radical (unpaired) electrons. The highest BCUT2D eigenvalue weighted by molar-refractivity contribution is 5.76. The van der Waals surface area contributed by atoms with Gasteiger partial charge in [0.2, 0.25) is 0 Å². The summed E-state index contributed by atoms with van der Waals surface area (Å²) in [6, 6.07) is 10.2. The van der Waals surface area contributed by atoms with Crippen molar-refractivity contribution in [3.05, 3.63) is 30.3 Å². The molecule has 0 unspecified atom stereocenters. The highest BCUT2D eigenvalue weighted by Crippen LogP contribution is 2.24. The van der Waals surface area contributed by atoms with Gasteiger partial charge in [0.05, 0.1) is 0 Å². The van der Waals surface area contributed by atoms with Gasteiger partial charge in [-0.2, -0.15) is 0 Å². The van der Waals surface area contributed by atoms with Gasteiger partial charge in [0.15, 0.2) is 0 Å². The molecule has 2 rings (SSSR count). The molecule has 0 spiro atoms. The number of hydrogen-bond donors (Lipinski definition) is 0. The Morgan fingerprint density at radius 3 is 2.12 bits per heavy atom. The summed E-state index contributed by atoms with van der Waals surface area (Å²) in [7, 11) is 0. The van der Waals surface area contributed by atoms with E-state index in [4.69, 9.17) is 0 Å². The molecule has 0 N–H and O–H groups in total. The Labute approximate surface area is 104 Å². The van der Waals surface area contributed by atoms with Gasteiger partial charge in [-0.05, 0) is 25.0 Å². The first-order valence-electron chi connectivity index (χ1n) is 6.64. The van der Waals surface area contributed by atoms with Crippen molar-refractivity contribution in [1.82, 2.24) is 0 Å². The number of benzene rings is 1. The Bertz CT molecular complexity index is 328. The fourth-order valence-electron chi connectivity index (χ4n) is 2.62. The fraction of sp³-hybridized carbons (Fsp3) is 0.533. The molecule has 0 bridgehead atoms. The third-order valence-corrected chi connectivity index (χ3v) is 3.57. The van der Waals surface area contributed by atoms with E-state index in [9.17, 15) is 4.79 Å². The SMILES string of the molecule is O=[C]N(c1ccccc1)C1CCCCCCC1. The second-order valence-corrected chi connectivity index (χ2v) is 4.80. The van der Waals surface area contributed by atoms with Crippen LogP contribution in [0.4, 0.5) is 5.69 Å². The summed E-state index contributed by atoms with van der Waals surface area (Å²) in [6.45, 7) is 0. The number of anilines is 1. The Hall–Kier alpha value is -1.31. The molecular formula is C15H20NO. The summed E-state index contributed by atoms with van der Waals surface area (Å²) < 4.78 is 0. The van der Waals surface area contributed by atoms with Gasteiger partial charge in [-0.1, -0.05) is 50.3 Å².